The van der Waals surface area contributed by atoms with Gasteiger partial charge in [0.2, 0.25) is 5.60 Å². The highest BCUT2D eigenvalue weighted by atomic mass is 16.6. The molecule has 2 aromatic carbocycles. The first kappa shape index (κ1) is 14.3. The van der Waals surface area contributed by atoms with Gasteiger partial charge < -0.3 is 9.47 Å². The standard InChI is InChI=1S/C18H16O4/c1-2-21-17(20)18(14-9-4-3-5-10-14)12-13-8-6-7-11-15(13)16(19)22-18/h3-11H,2,12H2,1H3. The lowest BCUT2D eigenvalue weighted by Crippen LogP contribution is -2.47. The van der Waals surface area contributed by atoms with E-state index < -0.39 is 17.5 Å². The van der Waals surface area contributed by atoms with Gasteiger partial charge in [0, 0.05) is 12.0 Å². The first-order chi connectivity index (χ1) is 10.7. The van der Waals surface area contributed by atoms with Crippen molar-refractivity contribution in [2.24, 2.45) is 0 Å². The predicted octanol–water partition coefficient (Wildman–Crippen LogP) is 2.86. The van der Waals surface area contributed by atoms with E-state index in [0.717, 1.165) is 5.56 Å². The molecule has 112 valence electrons. The molecule has 1 aliphatic heterocycles. The van der Waals surface area contributed by atoms with Crippen LogP contribution in [0.15, 0.2) is 54.6 Å². The van der Waals surface area contributed by atoms with Crippen molar-refractivity contribution in [3.63, 3.8) is 0 Å². The van der Waals surface area contributed by atoms with Crippen LogP contribution in [0.25, 0.3) is 0 Å². The number of fused-ring (bicyclic) bond motifs is 1. The van der Waals surface area contributed by atoms with Gasteiger partial charge in [0.25, 0.3) is 0 Å². The van der Waals surface area contributed by atoms with Crippen LogP contribution in [0.2, 0.25) is 0 Å². The van der Waals surface area contributed by atoms with Crippen molar-refractivity contribution in [2.75, 3.05) is 6.61 Å². The van der Waals surface area contributed by atoms with Crippen molar-refractivity contribution in [2.45, 2.75) is 18.9 Å². The predicted molar refractivity (Wildman–Crippen MR) is 80.3 cm³/mol. The Balaban J connectivity index is 2.13. The van der Waals surface area contributed by atoms with Crippen LogP contribution in [0.4, 0.5) is 0 Å². The minimum atomic E-state index is -1.41. The molecule has 3 rings (SSSR count). The minimum Gasteiger partial charge on any atom is -0.463 e. The molecule has 2 aromatic rings. The molecule has 0 spiro atoms. The number of ether oxygens (including phenoxy) is 2. The van der Waals surface area contributed by atoms with Crippen molar-refractivity contribution in [1.29, 1.82) is 0 Å². The number of carbonyl (C=O) groups is 2. The van der Waals surface area contributed by atoms with Crippen LogP contribution in [0, 0.1) is 0 Å². The summed E-state index contributed by atoms with van der Waals surface area (Å²) in [7, 11) is 0. The first-order valence-corrected chi connectivity index (χ1v) is 7.21. The number of cyclic esters (lactones) is 1. The van der Waals surface area contributed by atoms with Gasteiger partial charge in [-0.25, -0.2) is 9.59 Å². The molecular formula is C18H16O4. The summed E-state index contributed by atoms with van der Waals surface area (Å²) in [5.41, 5.74) is 0.494. The maximum Gasteiger partial charge on any atom is 0.355 e. The molecule has 0 radical (unpaired) electrons. The zero-order chi connectivity index (χ0) is 15.6. The fourth-order valence-corrected chi connectivity index (χ4v) is 2.74. The quantitative estimate of drug-likeness (QED) is 0.817. The molecule has 0 fully saturated rings. The number of esters is 2. The summed E-state index contributed by atoms with van der Waals surface area (Å²) in [6.45, 7) is 1.96. The molecule has 0 amide bonds. The van der Waals surface area contributed by atoms with Gasteiger partial charge in [-0.15, -0.1) is 0 Å². The van der Waals surface area contributed by atoms with Crippen molar-refractivity contribution in [3.05, 3.63) is 71.3 Å². The Hall–Kier alpha value is -2.62. The number of hydrogen-bond donors (Lipinski definition) is 0. The maximum atomic E-state index is 12.6. The average molecular weight is 296 g/mol. The Labute approximate surface area is 128 Å². The van der Waals surface area contributed by atoms with E-state index in [2.05, 4.69) is 0 Å². The van der Waals surface area contributed by atoms with Crippen LogP contribution >= 0.6 is 0 Å². The van der Waals surface area contributed by atoms with Crippen LogP contribution in [-0.2, 0) is 26.3 Å². The van der Waals surface area contributed by atoms with Crippen molar-refractivity contribution < 1.29 is 19.1 Å². The molecule has 0 saturated heterocycles. The fourth-order valence-electron chi connectivity index (χ4n) is 2.74. The Morgan fingerprint density at radius 3 is 2.55 bits per heavy atom. The fraction of sp³-hybridized carbons (Fsp3) is 0.222. The van der Waals surface area contributed by atoms with Crippen molar-refractivity contribution in [3.8, 4) is 0 Å². The number of rotatable bonds is 3. The van der Waals surface area contributed by atoms with E-state index in [9.17, 15) is 9.59 Å². The van der Waals surface area contributed by atoms with Crippen molar-refractivity contribution >= 4 is 11.9 Å². The van der Waals surface area contributed by atoms with E-state index in [-0.39, 0.29) is 13.0 Å². The molecular weight excluding hydrogens is 280 g/mol. The summed E-state index contributed by atoms with van der Waals surface area (Å²) in [6.07, 6.45) is 0.276. The van der Waals surface area contributed by atoms with Gasteiger partial charge in [-0.3, -0.25) is 0 Å². The molecule has 0 aromatic heterocycles. The van der Waals surface area contributed by atoms with Crippen LogP contribution in [-0.4, -0.2) is 18.5 Å². The summed E-state index contributed by atoms with van der Waals surface area (Å²) in [5.74, 6) is -1.04. The lowest BCUT2D eigenvalue weighted by atomic mass is 9.83. The third-order valence-corrected chi connectivity index (χ3v) is 3.79. The Bertz CT molecular complexity index is 708. The summed E-state index contributed by atoms with van der Waals surface area (Å²) >= 11 is 0. The lowest BCUT2D eigenvalue weighted by Gasteiger charge is -2.35. The summed E-state index contributed by atoms with van der Waals surface area (Å²) in [5, 5.41) is 0. The molecule has 0 bridgehead atoms. The van der Waals surface area contributed by atoms with E-state index in [1.165, 1.54) is 0 Å². The maximum absolute atomic E-state index is 12.6. The highest BCUT2D eigenvalue weighted by Crippen LogP contribution is 2.37. The van der Waals surface area contributed by atoms with Gasteiger partial charge in [0.05, 0.1) is 12.2 Å². The Kier molecular flexibility index (Phi) is 3.67. The molecule has 1 atom stereocenters. The molecule has 4 heteroatoms. The van der Waals surface area contributed by atoms with Crippen LogP contribution in [0.5, 0.6) is 0 Å². The monoisotopic (exact) mass is 296 g/mol. The molecule has 1 heterocycles. The zero-order valence-electron chi connectivity index (χ0n) is 12.2. The van der Waals surface area contributed by atoms with Crippen molar-refractivity contribution in [1.82, 2.24) is 0 Å². The molecule has 0 saturated carbocycles. The van der Waals surface area contributed by atoms with E-state index >= 15 is 0 Å². The largest absolute Gasteiger partial charge is 0.463 e. The van der Waals surface area contributed by atoms with Gasteiger partial charge in [-0.2, -0.15) is 0 Å². The molecule has 1 aliphatic rings. The third kappa shape index (κ3) is 2.26. The third-order valence-electron chi connectivity index (χ3n) is 3.79. The first-order valence-electron chi connectivity index (χ1n) is 7.21. The Morgan fingerprint density at radius 2 is 1.82 bits per heavy atom. The second kappa shape index (κ2) is 5.64. The molecule has 22 heavy (non-hydrogen) atoms. The molecule has 0 N–H and O–H groups in total. The minimum absolute atomic E-state index is 0.229. The van der Waals surface area contributed by atoms with Gasteiger partial charge in [-0.05, 0) is 18.6 Å². The smallest absolute Gasteiger partial charge is 0.355 e. The van der Waals surface area contributed by atoms with Gasteiger partial charge in [-0.1, -0.05) is 48.5 Å². The van der Waals surface area contributed by atoms with E-state index in [1.807, 2.05) is 30.3 Å². The molecule has 0 aliphatic carbocycles. The highest BCUT2D eigenvalue weighted by Gasteiger charge is 2.49. The zero-order valence-corrected chi connectivity index (χ0v) is 12.2. The number of carbonyl (C=O) groups excluding carboxylic acids is 2. The second-order valence-corrected chi connectivity index (χ2v) is 5.14. The topological polar surface area (TPSA) is 52.6 Å². The number of hydrogen-bond acceptors (Lipinski definition) is 4. The Morgan fingerprint density at radius 1 is 1.14 bits per heavy atom. The van der Waals surface area contributed by atoms with Gasteiger partial charge in [0.15, 0.2) is 0 Å². The summed E-state index contributed by atoms with van der Waals surface area (Å²) < 4.78 is 10.8. The van der Waals surface area contributed by atoms with Gasteiger partial charge in [0.1, 0.15) is 0 Å². The number of benzene rings is 2. The normalized spacial score (nSPS) is 20.0. The SMILES string of the molecule is CCOC(=O)C1(c2ccccc2)Cc2ccccc2C(=O)O1. The van der Waals surface area contributed by atoms with E-state index in [1.54, 1.807) is 31.2 Å². The second-order valence-electron chi connectivity index (χ2n) is 5.14. The van der Waals surface area contributed by atoms with E-state index in [4.69, 9.17) is 9.47 Å². The molecule has 1 unspecified atom stereocenters. The lowest BCUT2D eigenvalue weighted by molar-refractivity contribution is -0.168. The summed E-state index contributed by atoms with van der Waals surface area (Å²) in [4.78, 5) is 24.9. The van der Waals surface area contributed by atoms with Crippen LogP contribution in [0.3, 0.4) is 0 Å². The van der Waals surface area contributed by atoms with E-state index in [0.29, 0.717) is 11.1 Å². The summed E-state index contributed by atoms with van der Waals surface area (Å²) in [6, 6.07) is 16.2. The van der Waals surface area contributed by atoms with Crippen LogP contribution in [0.1, 0.15) is 28.4 Å². The molecule has 4 nitrogen and oxygen atoms in total. The van der Waals surface area contributed by atoms with Gasteiger partial charge >= 0.3 is 11.9 Å². The highest BCUT2D eigenvalue weighted by molar-refractivity contribution is 5.96. The average Bonchev–Trinajstić information content (AvgIpc) is 2.56. The van der Waals surface area contributed by atoms with Crippen LogP contribution < -0.4 is 0 Å².